The molecule has 1 saturated heterocycles. The number of morpholine rings is 1. The van der Waals surface area contributed by atoms with E-state index in [1.165, 1.54) is 0 Å². The van der Waals surface area contributed by atoms with Gasteiger partial charge in [-0.1, -0.05) is 0 Å². The summed E-state index contributed by atoms with van der Waals surface area (Å²) in [6, 6.07) is -0.480. The standard InChI is InChI=1S/C5H7NO3/c1-3-5(8)9-2-4(7)6-3/h3H,2H2,1H3,(H,6,7)/t3-/m1/s1. The SMILES string of the molecule is C[C@H]1NC(=O)COC1=O. The third-order valence-corrected chi connectivity index (χ3v) is 1.08. The van der Waals surface area contributed by atoms with Crippen LogP contribution in [0.2, 0.25) is 0 Å². The van der Waals surface area contributed by atoms with Gasteiger partial charge in [-0.25, -0.2) is 4.79 Å². The number of hydrogen-bond donors (Lipinski definition) is 1. The van der Waals surface area contributed by atoms with Crippen molar-refractivity contribution in [1.82, 2.24) is 5.32 Å². The molecule has 1 fully saturated rings. The monoisotopic (exact) mass is 129 g/mol. The first-order valence-corrected chi connectivity index (χ1v) is 2.66. The Bertz CT molecular complexity index is 154. The van der Waals surface area contributed by atoms with Crippen molar-refractivity contribution in [2.75, 3.05) is 6.61 Å². The Hall–Kier alpha value is -1.06. The first-order valence-electron chi connectivity index (χ1n) is 2.66. The lowest BCUT2D eigenvalue weighted by molar-refractivity contribution is -0.156. The summed E-state index contributed by atoms with van der Waals surface area (Å²) in [6.45, 7) is 1.45. The predicted molar refractivity (Wildman–Crippen MR) is 28.6 cm³/mol. The predicted octanol–water partition coefficient (Wildman–Crippen LogP) is -0.952. The van der Waals surface area contributed by atoms with E-state index >= 15 is 0 Å². The van der Waals surface area contributed by atoms with Crippen molar-refractivity contribution in [3.8, 4) is 0 Å². The minimum Gasteiger partial charge on any atom is -0.454 e. The average molecular weight is 129 g/mol. The Morgan fingerprint density at radius 2 is 2.33 bits per heavy atom. The molecule has 0 bridgehead atoms. The van der Waals surface area contributed by atoms with Crippen molar-refractivity contribution in [1.29, 1.82) is 0 Å². The number of cyclic esters (lactones) is 1. The van der Waals surface area contributed by atoms with Crippen LogP contribution in [-0.2, 0) is 14.3 Å². The van der Waals surface area contributed by atoms with E-state index in [9.17, 15) is 9.59 Å². The fourth-order valence-electron chi connectivity index (χ4n) is 0.604. The zero-order chi connectivity index (χ0) is 6.85. The van der Waals surface area contributed by atoms with Crippen molar-refractivity contribution in [2.45, 2.75) is 13.0 Å². The third-order valence-electron chi connectivity index (χ3n) is 1.08. The first kappa shape index (κ1) is 6.07. The highest BCUT2D eigenvalue weighted by atomic mass is 16.5. The molecule has 4 nitrogen and oxygen atoms in total. The minimum atomic E-state index is -0.480. The van der Waals surface area contributed by atoms with Gasteiger partial charge in [0, 0.05) is 0 Å². The second kappa shape index (κ2) is 2.05. The fraction of sp³-hybridized carbons (Fsp3) is 0.600. The van der Waals surface area contributed by atoms with Crippen LogP contribution in [0.15, 0.2) is 0 Å². The van der Waals surface area contributed by atoms with E-state index in [4.69, 9.17) is 0 Å². The molecule has 0 aliphatic carbocycles. The second-order valence-corrected chi connectivity index (χ2v) is 1.90. The van der Waals surface area contributed by atoms with Crippen molar-refractivity contribution in [3.05, 3.63) is 0 Å². The van der Waals surface area contributed by atoms with Crippen molar-refractivity contribution < 1.29 is 14.3 Å². The van der Waals surface area contributed by atoms with E-state index in [0.29, 0.717) is 0 Å². The van der Waals surface area contributed by atoms with Crippen molar-refractivity contribution in [2.24, 2.45) is 0 Å². The number of nitrogens with one attached hydrogen (secondary N) is 1. The normalized spacial score (nSPS) is 27.0. The lowest BCUT2D eigenvalue weighted by Gasteiger charge is -2.17. The number of rotatable bonds is 0. The van der Waals surface area contributed by atoms with E-state index < -0.39 is 6.04 Å². The maximum absolute atomic E-state index is 10.5. The lowest BCUT2D eigenvalue weighted by atomic mass is 10.3. The Morgan fingerprint density at radius 3 is 2.78 bits per heavy atom. The number of ether oxygens (including phenoxy) is 1. The molecule has 0 radical (unpaired) electrons. The highest BCUT2D eigenvalue weighted by molar-refractivity contribution is 5.89. The summed E-state index contributed by atoms with van der Waals surface area (Å²) in [5, 5.41) is 2.42. The highest BCUT2D eigenvalue weighted by Crippen LogP contribution is 1.93. The number of carbonyl (C=O) groups is 2. The molecule has 0 unspecified atom stereocenters. The molecular weight excluding hydrogens is 122 g/mol. The molecule has 1 N–H and O–H groups in total. The maximum Gasteiger partial charge on any atom is 0.328 e. The van der Waals surface area contributed by atoms with Gasteiger partial charge in [-0.3, -0.25) is 4.79 Å². The second-order valence-electron chi connectivity index (χ2n) is 1.90. The van der Waals surface area contributed by atoms with Crippen LogP contribution in [0, 0.1) is 0 Å². The van der Waals surface area contributed by atoms with Crippen LogP contribution < -0.4 is 5.32 Å². The van der Waals surface area contributed by atoms with E-state index in [2.05, 4.69) is 10.1 Å². The van der Waals surface area contributed by atoms with Gasteiger partial charge in [0.25, 0.3) is 5.91 Å². The molecule has 4 heteroatoms. The lowest BCUT2D eigenvalue weighted by Crippen LogP contribution is -2.47. The van der Waals surface area contributed by atoms with Crippen LogP contribution >= 0.6 is 0 Å². The fourth-order valence-corrected chi connectivity index (χ4v) is 0.604. The molecule has 50 valence electrons. The number of hydrogen-bond acceptors (Lipinski definition) is 3. The number of amides is 1. The molecule has 0 spiro atoms. The molecule has 0 saturated carbocycles. The molecular formula is C5H7NO3. The molecule has 9 heavy (non-hydrogen) atoms. The summed E-state index contributed by atoms with van der Waals surface area (Å²) >= 11 is 0. The molecule has 1 amide bonds. The summed E-state index contributed by atoms with van der Waals surface area (Å²) in [6.07, 6.45) is 0. The molecule has 1 aliphatic rings. The van der Waals surface area contributed by atoms with E-state index in [-0.39, 0.29) is 18.5 Å². The molecule has 1 aliphatic heterocycles. The van der Waals surface area contributed by atoms with Crippen LogP contribution in [0.5, 0.6) is 0 Å². The van der Waals surface area contributed by atoms with Gasteiger partial charge in [-0.05, 0) is 6.92 Å². The molecule has 1 heterocycles. The largest absolute Gasteiger partial charge is 0.454 e. The Labute approximate surface area is 52.2 Å². The summed E-state index contributed by atoms with van der Waals surface area (Å²) < 4.78 is 4.45. The zero-order valence-electron chi connectivity index (χ0n) is 5.01. The summed E-state index contributed by atoms with van der Waals surface area (Å²) in [5.41, 5.74) is 0. The van der Waals surface area contributed by atoms with Gasteiger partial charge in [0.1, 0.15) is 6.04 Å². The Morgan fingerprint density at radius 1 is 1.67 bits per heavy atom. The van der Waals surface area contributed by atoms with Gasteiger partial charge in [0.15, 0.2) is 6.61 Å². The van der Waals surface area contributed by atoms with E-state index in [0.717, 1.165) is 0 Å². The van der Waals surface area contributed by atoms with Gasteiger partial charge in [0.2, 0.25) is 0 Å². The van der Waals surface area contributed by atoms with E-state index in [1.807, 2.05) is 0 Å². The topological polar surface area (TPSA) is 55.4 Å². The first-order chi connectivity index (χ1) is 4.20. The summed E-state index contributed by atoms with van der Waals surface area (Å²) in [7, 11) is 0. The molecule has 1 atom stereocenters. The van der Waals surface area contributed by atoms with Gasteiger partial charge in [-0.15, -0.1) is 0 Å². The molecule has 0 aromatic rings. The van der Waals surface area contributed by atoms with Crippen LogP contribution in [0.3, 0.4) is 0 Å². The van der Waals surface area contributed by atoms with Gasteiger partial charge < -0.3 is 10.1 Å². The van der Waals surface area contributed by atoms with Gasteiger partial charge >= 0.3 is 5.97 Å². The third kappa shape index (κ3) is 1.19. The minimum absolute atomic E-state index is 0.136. The maximum atomic E-state index is 10.5. The van der Waals surface area contributed by atoms with Crippen molar-refractivity contribution >= 4 is 11.9 Å². The molecule has 0 aromatic carbocycles. The molecule has 0 aromatic heterocycles. The number of esters is 1. The molecule has 1 rings (SSSR count). The number of carbonyl (C=O) groups excluding carboxylic acids is 2. The van der Waals surface area contributed by atoms with E-state index in [1.54, 1.807) is 6.92 Å². The van der Waals surface area contributed by atoms with Crippen molar-refractivity contribution in [3.63, 3.8) is 0 Å². The van der Waals surface area contributed by atoms with Crippen LogP contribution in [0.1, 0.15) is 6.92 Å². The van der Waals surface area contributed by atoms with Crippen LogP contribution in [0.4, 0.5) is 0 Å². The summed E-state index contributed by atoms with van der Waals surface area (Å²) in [4.78, 5) is 20.9. The Balaban J connectivity index is 2.54. The Kier molecular flexibility index (Phi) is 1.38. The zero-order valence-corrected chi connectivity index (χ0v) is 5.01. The average Bonchev–Trinajstić information content (AvgIpc) is 1.80. The summed E-state index contributed by atoms with van der Waals surface area (Å²) in [5.74, 6) is -0.600. The smallest absolute Gasteiger partial charge is 0.328 e. The van der Waals surface area contributed by atoms with Crippen LogP contribution in [-0.4, -0.2) is 24.5 Å². The van der Waals surface area contributed by atoms with Gasteiger partial charge in [0.05, 0.1) is 0 Å². The van der Waals surface area contributed by atoms with Gasteiger partial charge in [-0.2, -0.15) is 0 Å². The highest BCUT2D eigenvalue weighted by Gasteiger charge is 2.22. The van der Waals surface area contributed by atoms with Crippen LogP contribution in [0.25, 0.3) is 0 Å². The quantitative estimate of drug-likeness (QED) is 0.429.